The molecule has 1 saturated carbocycles. The molecule has 224 valence electrons. The average Bonchev–Trinajstić information content (AvgIpc) is 3.59. The van der Waals surface area contributed by atoms with Crippen molar-refractivity contribution in [3.05, 3.63) is 23.3 Å². The quantitative estimate of drug-likeness (QED) is 0.387. The van der Waals surface area contributed by atoms with Crippen molar-refractivity contribution in [1.29, 1.82) is 0 Å². The number of carbonyl (C=O) groups is 2. The Bertz CT molecular complexity index is 1060. The molecule has 0 aromatic heterocycles. The van der Waals surface area contributed by atoms with Crippen molar-refractivity contribution in [2.45, 2.75) is 104 Å². The second kappa shape index (κ2) is 12.1. The van der Waals surface area contributed by atoms with Crippen molar-refractivity contribution in [2.24, 2.45) is 5.41 Å². The van der Waals surface area contributed by atoms with Crippen molar-refractivity contribution in [1.82, 2.24) is 9.80 Å². The van der Waals surface area contributed by atoms with E-state index in [1.54, 1.807) is 12.0 Å². The van der Waals surface area contributed by atoms with Crippen LogP contribution < -0.4 is 9.47 Å². The molecule has 9 nitrogen and oxygen atoms in total. The molecule has 1 saturated heterocycles. The predicted molar refractivity (Wildman–Crippen MR) is 152 cm³/mol. The Hall–Kier alpha value is -2.52. The maximum Gasteiger partial charge on any atom is 0.410 e. The second-order valence-electron chi connectivity index (χ2n) is 13.2. The number of rotatable bonds is 9. The van der Waals surface area contributed by atoms with Crippen LogP contribution in [-0.2, 0) is 25.4 Å². The fourth-order valence-corrected chi connectivity index (χ4v) is 5.70. The van der Waals surface area contributed by atoms with Gasteiger partial charge in [0.2, 0.25) is 0 Å². The Morgan fingerprint density at radius 3 is 2.45 bits per heavy atom. The van der Waals surface area contributed by atoms with E-state index in [-0.39, 0.29) is 24.6 Å². The van der Waals surface area contributed by atoms with E-state index in [0.717, 1.165) is 42.6 Å². The van der Waals surface area contributed by atoms with Gasteiger partial charge in [-0.1, -0.05) is 20.8 Å². The number of fused-ring (bicyclic) bond motifs is 1. The second-order valence-corrected chi connectivity index (χ2v) is 13.2. The molecule has 1 aromatic carbocycles. The standard InChI is InChI=1S/C31H48N2O7/c1-20(22-18-21-12-16-38-25(21)24(19-22)37-15-9-14-36-8)33(23-10-11-23)28(34)26-27(30(2,3)4)32(13-17-39-26)29(35)40-31(5,6)7/h18-20,23,26-27H,9-17H2,1-8H3. The molecule has 4 rings (SSSR count). The van der Waals surface area contributed by atoms with Crippen LogP contribution in [0.4, 0.5) is 4.79 Å². The zero-order chi connectivity index (χ0) is 29.2. The minimum atomic E-state index is -0.785. The smallest absolute Gasteiger partial charge is 0.410 e. The van der Waals surface area contributed by atoms with E-state index in [0.29, 0.717) is 32.1 Å². The van der Waals surface area contributed by atoms with Gasteiger partial charge in [0, 0.05) is 44.7 Å². The summed E-state index contributed by atoms with van der Waals surface area (Å²) < 4.78 is 29.1. The van der Waals surface area contributed by atoms with Crippen molar-refractivity contribution >= 4 is 12.0 Å². The van der Waals surface area contributed by atoms with Crippen LogP contribution >= 0.6 is 0 Å². The van der Waals surface area contributed by atoms with Crippen molar-refractivity contribution in [2.75, 3.05) is 40.1 Å². The van der Waals surface area contributed by atoms with Gasteiger partial charge in [0.05, 0.1) is 31.9 Å². The minimum Gasteiger partial charge on any atom is -0.490 e. The fourth-order valence-electron chi connectivity index (χ4n) is 5.70. The predicted octanol–water partition coefficient (Wildman–Crippen LogP) is 5.14. The summed E-state index contributed by atoms with van der Waals surface area (Å²) in [6.45, 7) is 16.2. The molecule has 0 N–H and O–H groups in total. The van der Waals surface area contributed by atoms with Crippen molar-refractivity contribution < 1.29 is 33.3 Å². The fraction of sp³-hybridized carbons (Fsp3) is 0.742. The van der Waals surface area contributed by atoms with Crippen LogP contribution in [0.1, 0.15) is 84.9 Å². The number of hydrogen-bond donors (Lipinski definition) is 0. The highest BCUT2D eigenvalue weighted by molar-refractivity contribution is 5.84. The number of benzene rings is 1. The Kier molecular flexibility index (Phi) is 9.25. The van der Waals surface area contributed by atoms with E-state index in [1.165, 1.54) is 0 Å². The molecule has 1 aliphatic carbocycles. The van der Waals surface area contributed by atoms with Gasteiger partial charge >= 0.3 is 6.09 Å². The number of amides is 2. The molecule has 0 radical (unpaired) electrons. The topological polar surface area (TPSA) is 86.8 Å². The van der Waals surface area contributed by atoms with Crippen LogP contribution in [-0.4, -0.2) is 85.7 Å². The summed E-state index contributed by atoms with van der Waals surface area (Å²) in [6, 6.07) is 3.63. The molecular formula is C31H48N2O7. The third-order valence-corrected chi connectivity index (χ3v) is 7.63. The minimum absolute atomic E-state index is 0.0810. The van der Waals surface area contributed by atoms with Crippen LogP contribution in [0.25, 0.3) is 0 Å². The molecule has 0 spiro atoms. The summed E-state index contributed by atoms with van der Waals surface area (Å²) in [4.78, 5) is 31.4. The number of nitrogens with zero attached hydrogens (tertiary/aromatic N) is 2. The van der Waals surface area contributed by atoms with Gasteiger partial charge in [-0.15, -0.1) is 0 Å². The Labute approximate surface area is 239 Å². The molecular weight excluding hydrogens is 512 g/mol. The molecule has 2 aliphatic heterocycles. The van der Waals surface area contributed by atoms with E-state index >= 15 is 0 Å². The summed E-state index contributed by atoms with van der Waals surface area (Å²) in [5, 5.41) is 0. The summed E-state index contributed by atoms with van der Waals surface area (Å²) >= 11 is 0. The Morgan fingerprint density at radius 2 is 1.82 bits per heavy atom. The lowest BCUT2D eigenvalue weighted by atomic mass is 9.80. The Morgan fingerprint density at radius 1 is 1.10 bits per heavy atom. The van der Waals surface area contributed by atoms with E-state index in [9.17, 15) is 9.59 Å². The maximum atomic E-state index is 14.4. The van der Waals surface area contributed by atoms with Crippen molar-refractivity contribution in [3.63, 3.8) is 0 Å². The lowest BCUT2D eigenvalue weighted by Gasteiger charge is -2.48. The summed E-state index contributed by atoms with van der Waals surface area (Å²) in [5.74, 6) is 1.44. The molecule has 3 atom stereocenters. The van der Waals surface area contributed by atoms with Gasteiger partial charge in [0.1, 0.15) is 5.60 Å². The molecule has 2 fully saturated rings. The first-order valence-corrected chi connectivity index (χ1v) is 14.7. The van der Waals surface area contributed by atoms with Crippen LogP contribution in [0, 0.1) is 5.41 Å². The number of methoxy groups -OCH3 is 1. The monoisotopic (exact) mass is 560 g/mol. The van der Waals surface area contributed by atoms with E-state index in [4.69, 9.17) is 23.7 Å². The maximum absolute atomic E-state index is 14.4. The zero-order valence-corrected chi connectivity index (χ0v) is 25.6. The number of carbonyl (C=O) groups excluding carboxylic acids is 2. The molecule has 0 bridgehead atoms. The summed E-state index contributed by atoms with van der Waals surface area (Å²) in [7, 11) is 1.68. The lowest BCUT2D eigenvalue weighted by Crippen LogP contribution is -2.64. The SMILES string of the molecule is COCCCOc1cc(C(C)N(C(=O)C2OCCN(C(=O)OC(C)(C)C)C2C(C)(C)C)C2CC2)cc2c1OCC2. The van der Waals surface area contributed by atoms with Gasteiger partial charge < -0.3 is 28.6 Å². The normalized spacial score (nSPS) is 21.9. The molecule has 3 unspecified atom stereocenters. The van der Waals surface area contributed by atoms with Crippen LogP contribution in [0.15, 0.2) is 12.1 Å². The van der Waals surface area contributed by atoms with E-state index in [1.807, 2.05) is 52.5 Å². The van der Waals surface area contributed by atoms with Gasteiger partial charge in [-0.05, 0) is 63.6 Å². The molecule has 40 heavy (non-hydrogen) atoms. The molecule has 2 heterocycles. The Balaban J connectivity index is 1.62. The lowest BCUT2D eigenvalue weighted by molar-refractivity contribution is -0.164. The molecule has 3 aliphatic rings. The first-order chi connectivity index (χ1) is 18.8. The van der Waals surface area contributed by atoms with Gasteiger partial charge in [0.15, 0.2) is 17.6 Å². The number of hydrogen-bond acceptors (Lipinski definition) is 7. The van der Waals surface area contributed by atoms with Crippen LogP contribution in [0.3, 0.4) is 0 Å². The van der Waals surface area contributed by atoms with Gasteiger partial charge in [-0.2, -0.15) is 0 Å². The largest absolute Gasteiger partial charge is 0.490 e. The van der Waals surface area contributed by atoms with Gasteiger partial charge in [-0.25, -0.2) is 4.79 Å². The highest BCUT2D eigenvalue weighted by Gasteiger charge is 2.50. The van der Waals surface area contributed by atoms with Crippen LogP contribution in [0.2, 0.25) is 0 Å². The summed E-state index contributed by atoms with van der Waals surface area (Å²) in [5.41, 5.74) is 1.07. The number of ether oxygens (including phenoxy) is 5. The van der Waals surface area contributed by atoms with E-state index < -0.39 is 29.3 Å². The third-order valence-electron chi connectivity index (χ3n) is 7.63. The highest BCUT2D eigenvalue weighted by atomic mass is 16.6. The number of morpholine rings is 1. The first kappa shape index (κ1) is 30.4. The van der Waals surface area contributed by atoms with E-state index in [2.05, 4.69) is 13.0 Å². The van der Waals surface area contributed by atoms with Crippen LogP contribution in [0.5, 0.6) is 11.5 Å². The molecule has 9 heteroatoms. The molecule has 2 amide bonds. The average molecular weight is 561 g/mol. The third kappa shape index (κ3) is 7.03. The molecule has 1 aromatic rings. The van der Waals surface area contributed by atoms with Crippen molar-refractivity contribution in [3.8, 4) is 11.5 Å². The highest BCUT2D eigenvalue weighted by Crippen LogP contribution is 2.43. The first-order valence-electron chi connectivity index (χ1n) is 14.7. The van der Waals surface area contributed by atoms with Gasteiger partial charge in [-0.3, -0.25) is 9.69 Å². The van der Waals surface area contributed by atoms with Gasteiger partial charge in [0.25, 0.3) is 5.91 Å². The summed E-state index contributed by atoms with van der Waals surface area (Å²) in [6.07, 6.45) is 2.30. The zero-order valence-electron chi connectivity index (χ0n) is 25.6.